The molecule has 2 rings (SSSR count). The van der Waals surface area contributed by atoms with Crippen LogP contribution in [-0.4, -0.2) is 13.2 Å². The van der Waals surface area contributed by atoms with Gasteiger partial charge in [0, 0.05) is 5.56 Å². The largest absolute Gasteiger partial charge is 0.496 e. The average molecular weight is 228 g/mol. The molecular formula is C14H16N2O. The molecule has 0 spiro atoms. The Morgan fingerprint density at radius 2 is 2.29 bits per heavy atom. The zero-order chi connectivity index (χ0) is 12.3. The molecule has 1 aliphatic carbocycles. The van der Waals surface area contributed by atoms with Crippen LogP contribution in [-0.2, 0) is 6.42 Å². The third kappa shape index (κ3) is 2.48. The van der Waals surface area contributed by atoms with Crippen molar-refractivity contribution in [2.24, 2.45) is 5.73 Å². The minimum atomic E-state index is -0.405. The number of ether oxygens (including phenoxy) is 1. The van der Waals surface area contributed by atoms with Gasteiger partial charge >= 0.3 is 0 Å². The van der Waals surface area contributed by atoms with Gasteiger partial charge in [0.25, 0.3) is 0 Å². The highest BCUT2D eigenvalue weighted by atomic mass is 16.5. The van der Waals surface area contributed by atoms with Gasteiger partial charge in [-0.25, -0.2) is 0 Å². The van der Waals surface area contributed by atoms with E-state index in [0.29, 0.717) is 6.42 Å². The van der Waals surface area contributed by atoms with Crippen LogP contribution in [0.25, 0.3) is 6.08 Å². The highest BCUT2D eigenvalue weighted by Gasteiger charge is 2.15. The second-order valence-corrected chi connectivity index (χ2v) is 4.28. The maximum Gasteiger partial charge on any atom is 0.126 e. The van der Waals surface area contributed by atoms with E-state index >= 15 is 0 Å². The number of rotatable bonds is 3. The smallest absolute Gasteiger partial charge is 0.126 e. The lowest BCUT2D eigenvalue weighted by atomic mass is 9.89. The summed E-state index contributed by atoms with van der Waals surface area (Å²) in [6.45, 7) is 0. The summed E-state index contributed by atoms with van der Waals surface area (Å²) in [5.74, 6) is 0.894. The molecule has 0 radical (unpaired) electrons. The molecule has 1 aromatic carbocycles. The van der Waals surface area contributed by atoms with Gasteiger partial charge in [-0.2, -0.15) is 5.26 Å². The Bertz CT molecular complexity index is 485. The summed E-state index contributed by atoms with van der Waals surface area (Å²) in [5.41, 5.74) is 9.34. The molecule has 0 aliphatic heterocycles. The van der Waals surface area contributed by atoms with Crippen molar-refractivity contribution in [1.82, 2.24) is 0 Å². The lowest BCUT2D eigenvalue weighted by Crippen LogP contribution is -2.18. The van der Waals surface area contributed by atoms with Gasteiger partial charge in [0.1, 0.15) is 5.75 Å². The molecule has 88 valence electrons. The molecule has 3 nitrogen and oxygen atoms in total. The van der Waals surface area contributed by atoms with Gasteiger partial charge in [-0.15, -0.1) is 0 Å². The van der Waals surface area contributed by atoms with Gasteiger partial charge in [-0.3, -0.25) is 0 Å². The number of benzene rings is 1. The number of nitrogens with two attached hydrogens (primary N) is 1. The zero-order valence-electron chi connectivity index (χ0n) is 9.94. The fourth-order valence-electron chi connectivity index (χ4n) is 2.21. The van der Waals surface area contributed by atoms with E-state index in [4.69, 9.17) is 15.7 Å². The molecule has 2 N–H and O–H groups in total. The van der Waals surface area contributed by atoms with Gasteiger partial charge in [0.2, 0.25) is 0 Å². The van der Waals surface area contributed by atoms with E-state index in [1.54, 1.807) is 7.11 Å². The molecule has 0 fully saturated rings. The molecule has 17 heavy (non-hydrogen) atoms. The highest BCUT2D eigenvalue weighted by Crippen LogP contribution is 2.32. The Morgan fingerprint density at radius 1 is 1.47 bits per heavy atom. The first kappa shape index (κ1) is 11.7. The Hall–Kier alpha value is -1.79. The van der Waals surface area contributed by atoms with Crippen molar-refractivity contribution in [3.05, 3.63) is 34.9 Å². The van der Waals surface area contributed by atoms with Crippen molar-refractivity contribution in [2.75, 3.05) is 7.11 Å². The Balaban J connectivity index is 2.30. The van der Waals surface area contributed by atoms with E-state index in [-0.39, 0.29) is 0 Å². The minimum Gasteiger partial charge on any atom is -0.496 e. The summed E-state index contributed by atoms with van der Waals surface area (Å²) in [6.07, 6.45) is 4.74. The molecule has 0 bridgehead atoms. The number of hydrogen-bond donors (Lipinski definition) is 1. The van der Waals surface area contributed by atoms with E-state index in [9.17, 15) is 0 Å². The summed E-state index contributed by atoms with van der Waals surface area (Å²) in [5, 5.41) is 8.73. The first-order valence-corrected chi connectivity index (χ1v) is 5.75. The van der Waals surface area contributed by atoms with Gasteiger partial charge in [-0.1, -0.05) is 23.8 Å². The van der Waals surface area contributed by atoms with Crippen molar-refractivity contribution in [3.63, 3.8) is 0 Å². The van der Waals surface area contributed by atoms with Gasteiger partial charge < -0.3 is 10.5 Å². The van der Waals surface area contributed by atoms with Gasteiger partial charge in [0.15, 0.2) is 0 Å². The van der Waals surface area contributed by atoms with Crippen molar-refractivity contribution in [2.45, 2.75) is 25.3 Å². The van der Waals surface area contributed by atoms with Crippen LogP contribution in [0.5, 0.6) is 5.75 Å². The summed E-state index contributed by atoms with van der Waals surface area (Å²) >= 11 is 0. The predicted octanol–water partition coefficient (Wildman–Crippen LogP) is 2.27. The summed E-state index contributed by atoms with van der Waals surface area (Å²) < 4.78 is 5.35. The van der Waals surface area contributed by atoms with Crippen molar-refractivity contribution < 1.29 is 4.74 Å². The number of nitrogens with zero attached hydrogens (tertiary/aromatic N) is 1. The second-order valence-electron chi connectivity index (χ2n) is 4.28. The topological polar surface area (TPSA) is 59.0 Å². The van der Waals surface area contributed by atoms with Crippen LogP contribution in [0.1, 0.15) is 24.0 Å². The first-order chi connectivity index (χ1) is 8.24. The number of nitriles is 1. The maximum absolute atomic E-state index is 8.73. The van der Waals surface area contributed by atoms with Crippen molar-refractivity contribution >= 4 is 6.08 Å². The van der Waals surface area contributed by atoms with Crippen LogP contribution < -0.4 is 10.5 Å². The summed E-state index contributed by atoms with van der Waals surface area (Å²) in [4.78, 5) is 0. The van der Waals surface area contributed by atoms with Crippen molar-refractivity contribution in [1.29, 1.82) is 5.26 Å². The van der Waals surface area contributed by atoms with E-state index in [2.05, 4.69) is 18.2 Å². The highest BCUT2D eigenvalue weighted by molar-refractivity contribution is 5.65. The molecule has 1 aliphatic rings. The number of aryl methyl sites for hydroxylation is 1. The molecule has 0 saturated heterocycles. The van der Waals surface area contributed by atoms with Crippen LogP contribution in [0.2, 0.25) is 0 Å². The third-order valence-electron chi connectivity index (χ3n) is 3.09. The second kappa shape index (κ2) is 5.03. The maximum atomic E-state index is 8.73. The van der Waals surface area contributed by atoms with Crippen LogP contribution >= 0.6 is 0 Å². The molecule has 0 heterocycles. The quantitative estimate of drug-likeness (QED) is 0.863. The molecular weight excluding hydrogens is 212 g/mol. The van der Waals surface area contributed by atoms with Crippen LogP contribution in [0.15, 0.2) is 23.8 Å². The van der Waals surface area contributed by atoms with Gasteiger partial charge in [0.05, 0.1) is 19.2 Å². The van der Waals surface area contributed by atoms with E-state index < -0.39 is 6.04 Å². The third-order valence-corrected chi connectivity index (χ3v) is 3.09. The standard InChI is InChI=1S/C14H16N2O/c1-17-14-4-2-3-11-6-5-10(8-13(11)14)7-12(16)9-15/h2-4,8,12H,5-7,16H2,1H3/t12-/m0/s1. The average Bonchev–Trinajstić information content (AvgIpc) is 2.37. The summed E-state index contributed by atoms with van der Waals surface area (Å²) in [6, 6.07) is 7.76. The summed E-state index contributed by atoms with van der Waals surface area (Å²) in [7, 11) is 1.68. The number of fused-ring (bicyclic) bond motifs is 1. The zero-order valence-corrected chi connectivity index (χ0v) is 9.94. The Labute approximate surface area is 102 Å². The molecule has 0 saturated carbocycles. The SMILES string of the molecule is COc1cccc2c1C=C(C[C@H](N)C#N)CC2. The first-order valence-electron chi connectivity index (χ1n) is 5.75. The monoisotopic (exact) mass is 228 g/mol. The number of methoxy groups -OCH3 is 1. The fraction of sp³-hybridized carbons (Fsp3) is 0.357. The molecule has 1 atom stereocenters. The lowest BCUT2D eigenvalue weighted by molar-refractivity contribution is 0.413. The van der Waals surface area contributed by atoms with Crippen LogP contribution in [0, 0.1) is 11.3 Å². The molecule has 0 amide bonds. The van der Waals surface area contributed by atoms with Crippen molar-refractivity contribution in [3.8, 4) is 11.8 Å². The van der Waals surface area contributed by atoms with Crippen LogP contribution in [0.3, 0.4) is 0 Å². The predicted molar refractivity (Wildman–Crippen MR) is 67.5 cm³/mol. The van der Waals surface area contributed by atoms with E-state index in [0.717, 1.165) is 24.2 Å². The minimum absolute atomic E-state index is 0.405. The number of hydrogen-bond acceptors (Lipinski definition) is 3. The van der Waals surface area contributed by atoms with Gasteiger partial charge in [-0.05, 0) is 30.9 Å². The van der Waals surface area contributed by atoms with E-state index in [1.807, 2.05) is 12.1 Å². The molecule has 1 aromatic rings. The Morgan fingerprint density at radius 3 is 3.00 bits per heavy atom. The Kier molecular flexibility index (Phi) is 3.46. The fourth-order valence-corrected chi connectivity index (χ4v) is 2.21. The molecule has 0 unspecified atom stereocenters. The lowest BCUT2D eigenvalue weighted by Gasteiger charge is -2.19. The molecule has 0 aromatic heterocycles. The van der Waals surface area contributed by atoms with Crippen LogP contribution in [0.4, 0.5) is 0 Å². The molecule has 3 heteroatoms. The van der Waals surface area contributed by atoms with E-state index in [1.165, 1.54) is 11.1 Å². The normalized spacial score (nSPS) is 15.5.